The second-order valence-corrected chi connectivity index (χ2v) is 4.90. The van der Waals surface area contributed by atoms with Gasteiger partial charge >= 0.3 is 0 Å². The average molecular weight is 289 g/mol. The molecule has 0 bridgehead atoms. The molecule has 0 aliphatic rings. The molecule has 0 aliphatic heterocycles. The number of rotatable bonds is 3. The summed E-state index contributed by atoms with van der Waals surface area (Å²) >= 11 is 4.88. The molecule has 0 radical (unpaired) electrons. The molecule has 4 nitrogen and oxygen atoms in total. The number of thioether (sulfide) groups is 1. The minimum Gasteiger partial charge on any atom is -0.446 e. The molecule has 0 amide bonds. The van der Waals surface area contributed by atoms with E-state index in [9.17, 15) is 0 Å². The van der Waals surface area contributed by atoms with Crippen molar-refractivity contribution >= 4 is 27.7 Å². The molecule has 0 saturated carbocycles. The standard InChI is InChI=1S/C9H9BrN2O2S/c1-5(15-2)9-11-8(12-14-9)6-3-4-7(10)13-6/h3-5H,1-2H3. The molecule has 1 unspecified atom stereocenters. The number of hydrogen-bond donors (Lipinski definition) is 0. The van der Waals surface area contributed by atoms with Crippen LogP contribution in [-0.4, -0.2) is 16.4 Å². The fraction of sp³-hybridized carbons (Fsp3) is 0.333. The third-order valence-electron chi connectivity index (χ3n) is 1.94. The van der Waals surface area contributed by atoms with Gasteiger partial charge in [-0.2, -0.15) is 16.7 Å². The number of nitrogens with zero attached hydrogens (tertiary/aromatic N) is 2. The van der Waals surface area contributed by atoms with Crippen LogP contribution in [-0.2, 0) is 0 Å². The Bertz CT molecular complexity index is 454. The number of hydrogen-bond acceptors (Lipinski definition) is 5. The predicted molar refractivity (Wildman–Crippen MR) is 61.6 cm³/mol. The van der Waals surface area contributed by atoms with Gasteiger partial charge in [-0.15, -0.1) is 0 Å². The van der Waals surface area contributed by atoms with E-state index < -0.39 is 0 Å². The van der Waals surface area contributed by atoms with E-state index in [0.29, 0.717) is 22.1 Å². The topological polar surface area (TPSA) is 52.1 Å². The van der Waals surface area contributed by atoms with Gasteiger partial charge in [0.1, 0.15) is 0 Å². The molecule has 1 atom stereocenters. The zero-order valence-electron chi connectivity index (χ0n) is 8.23. The molecule has 2 aromatic rings. The lowest BCUT2D eigenvalue weighted by Crippen LogP contribution is -1.86. The van der Waals surface area contributed by atoms with Crippen LogP contribution in [0.15, 0.2) is 25.7 Å². The molecule has 0 aromatic carbocycles. The molecule has 2 rings (SSSR count). The molecule has 0 fully saturated rings. The van der Waals surface area contributed by atoms with Gasteiger partial charge in [-0.05, 0) is 41.2 Å². The highest BCUT2D eigenvalue weighted by Gasteiger charge is 2.15. The van der Waals surface area contributed by atoms with Crippen molar-refractivity contribution in [3.8, 4) is 11.6 Å². The van der Waals surface area contributed by atoms with Crippen LogP contribution in [0.5, 0.6) is 0 Å². The molecule has 0 N–H and O–H groups in total. The Hall–Kier alpha value is -0.750. The average Bonchev–Trinajstić information content (AvgIpc) is 2.84. The van der Waals surface area contributed by atoms with Gasteiger partial charge in [0.15, 0.2) is 10.4 Å². The van der Waals surface area contributed by atoms with Crippen LogP contribution in [0, 0.1) is 0 Å². The third kappa shape index (κ3) is 2.26. The summed E-state index contributed by atoms with van der Waals surface area (Å²) in [6, 6.07) is 3.59. The van der Waals surface area contributed by atoms with Gasteiger partial charge in [0.25, 0.3) is 0 Å². The van der Waals surface area contributed by atoms with Crippen molar-refractivity contribution in [1.29, 1.82) is 0 Å². The van der Waals surface area contributed by atoms with Crippen LogP contribution in [0.3, 0.4) is 0 Å². The first kappa shape index (κ1) is 10.8. The minimum atomic E-state index is 0.199. The Morgan fingerprint density at radius 1 is 1.47 bits per heavy atom. The monoisotopic (exact) mass is 288 g/mol. The summed E-state index contributed by atoms with van der Waals surface area (Å²) in [4.78, 5) is 4.25. The largest absolute Gasteiger partial charge is 0.446 e. The Balaban J connectivity index is 2.27. The number of furan rings is 1. The fourth-order valence-electron chi connectivity index (χ4n) is 1.04. The first-order chi connectivity index (χ1) is 7.20. The van der Waals surface area contributed by atoms with Crippen molar-refractivity contribution in [2.45, 2.75) is 12.2 Å². The van der Waals surface area contributed by atoms with Crippen LogP contribution in [0.4, 0.5) is 0 Å². The molecule has 2 aromatic heterocycles. The van der Waals surface area contributed by atoms with Crippen molar-refractivity contribution < 1.29 is 8.94 Å². The summed E-state index contributed by atoms with van der Waals surface area (Å²) in [6.07, 6.45) is 2.00. The van der Waals surface area contributed by atoms with Crippen LogP contribution in [0.1, 0.15) is 18.1 Å². The fourth-order valence-corrected chi connectivity index (χ4v) is 1.64. The second-order valence-electron chi connectivity index (χ2n) is 2.94. The predicted octanol–water partition coefficient (Wildman–Crippen LogP) is 3.52. The lowest BCUT2D eigenvalue weighted by molar-refractivity contribution is 0.379. The molecule has 0 aliphatic carbocycles. The van der Waals surface area contributed by atoms with E-state index in [1.807, 2.05) is 13.2 Å². The molecule has 0 saturated heterocycles. The van der Waals surface area contributed by atoms with E-state index in [4.69, 9.17) is 8.94 Å². The van der Waals surface area contributed by atoms with E-state index in [-0.39, 0.29) is 5.25 Å². The lowest BCUT2D eigenvalue weighted by Gasteiger charge is -1.97. The highest BCUT2D eigenvalue weighted by Crippen LogP contribution is 2.27. The maximum atomic E-state index is 5.32. The molecule has 0 spiro atoms. The summed E-state index contributed by atoms with van der Waals surface area (Å²) in [6.45, 7) is 2.01. The second kappa shape index (κ2) is 4.40. The van der Waals surface area contributed by atoms with Gasteiger partial charge in [0, 0.05) is 0 Å². The maximum absolute atomic E-state index is 5.32. The van der Waals surface area contributed by atoms with Gasteiger partial charge < -0.3 is 8.94 Å². The Morgan fingerprint density at radius 2 is 2.27 bits per heavy atom. The van der Waals surface area contributed by atoms with E-state index in [2.05, 4.69) is 26.1 Å². The number of aromatic nitrogens is 2. The number of halogens is 1. The molecule has 15 heavy (non-hydrogen) atoms. The van der Waals surface area contributed by atoms with Gasteiger partial charge in [-0.25, -0.2) is 0 Å². The zero-order valence-corrected chi connectivity index (χ0v) is 10.6. The van der Waals surface area contributed by atoms with Gasteiger partial charge in [0.2, 0.25) is 11.7 Å². The smallest absolute Gasteiger partial charge is 0.239 e. The van der Waals surface area contributed by atoms with Crippen molar-refractivity contribution in [2.24, 2.45) is 0 Å². The molecule has 6 heteroatoms. The van der Waals surface area contributed by atoms with Gasteiger partial charge in [0.05, 0.1) is 5.25 Å². The SMILES string of the molecule is CSC(C)c1nc(-c2ccc(Br)o2)no1. The van der Waals surface area contributed by atoms with Gasteiger partial charge in [-0.3, -0.25) is 0 Å². The van der Waals surface area contributed by atoms with Crippen molar-refractivity contribution in [3.63, 3.8) is 0 Å². The third-order valence-corrected chi connectivity index (χ3v) is 3.27. The summed E-state index contributed by atoms with van der Waals surface area (Å²) in [5.41, 5.74) is 0. The maximum Gasteiger partial charge on any atom is 0.239 e. The van der Waals surface area contributed by atoms with Crippen LogP contribution in [0.2, 0.25) is 0 Å². The lowest BCUT2D eigenvalue weighted by atomic mass is 10.4. The normalized spacial score (nSPS) is 13.0. The highest BCUT2D eigenvalue weighted by atomic mass is 79.9. The quantitative estimate of drug-likeness (QED) is 0.865. The van der Waals surface area contributed by atoms with Crippen LogP contribution < -0.4 is 0 Å². The first-order valence-corrected chi connectivity index (χ1v) is 6.41. The van der Waals surface area contributed by atoms with Gasteiger partial charge in [-0.1, -0.05) is 5.16 Å². The van der Waals surface area contributed by atoms with Crippen LogP contribution in [0.25, 0.3) is 11.6 Å². The highest BCUT2D eigenvalue weighted by molar-refractivity contribution is 9.10. The zero-order chi connectivity index (χ0) is 10.8. The minimum absolute atomic E-state index is 0.199. The van der Waals surface area contributed by atoms with Crippen LogP contribution >= 0.6 is 27.7 Å². The van der Waals surface area contributed by atoms with E-state index >= 15 is 0 Å². The summed E-state index contributed by atoms with van der Waals surface area (Å²) in [5.74, 6) is 1.70. The van der Waals surface area contributed by atoms with Crippen molar-refractivity contribution in [3.05, 3.63) is 22.7 Å². The summed E-state index contributed by atoms with van der Waals surface area (Å²) < 4.78 is 11.1. The molecular weight excluding hydrogens is 280 g/mol. The Morgan fingerprint density at radius 3 is 2.87 bits per heavy atom. The summed E-state index contributed by atoms with van der Waals surface area (Å²) in [5, 5.41) is 4.05. The summed E-state index contributed by atoms with van der Waals surface area (Å²) in [7, 11) is 0. The first-order valence-electron chi connectivity index (χ1n) is 4.33. The Kier molecular flexibility index (Phi) is 3.16. The van der Waals surface area contributed by atoms with E-state index in [1.54, 1.807) is 23.9 Å². The van der Waals surface area contributed by atoms with E-state index in [1.165, 1.54) is 0 Å². The van der Waals surface area contributed by atoms with Crippen molar-refractivity contribution in [1.82, 2.24) is 10.1 Å². The molecule has 80 valence electrons. The molecule has 2 heterocycles. The van der Waals surface area contributed by atoms with Crippen molar-refractivity contribution in [2.75, 3.05) is 6.26 Å². The Labute approximate surface area is 99.6 Å². The van der Waals surface area contributed by atoms with E-state index in [0.717, 1.165) is 0 Å². The molecular formula is C9H9BrN2O2S.